The highest BCUT2D eigenvalue weighted by Crippen LogP contribution is 2.28. The molecule has 0 aliphatic heterocycles. The Morgan fingerprint density at radius 2 is 1.92 bits per heavy atom. The van der Waals surface area contributed by atoms with E-state index in [2.05, 4.69) is 10.3 Å². The van der Waals surface area contributed by atoms with Gasteiger partial charge in [-0.25, -0.2) is 13.4 Å². The van der Waals surface area contributed by atoms with Crippen molar-refractivity contribution in [1.29, 1.82) is 0 Å². The zero-order valence-electron chi connectivity index (χ0n) is 12.3. The number of halogens is 2. The van der Waals surface area contributed by atoms with Crippen LogP contribution in [0, 0.1) is 0 Å². The second-order valence-corrected chi connectivity index (χ2v) is 8.33. The summed E-state index contributed by atoms with van der Waals surface area (Å²) >= 11 is 2.75. The predicted octanol–water partition coefficient (Wildman–Crippen LogP) is 4.12. The fraction of sp³-hybridized carbons (Fsp3) is 0.0667. The van der Waals surface area contributed by atoms with Crippen LogP contribution in [0.4, 0.5) is 14.5 Å². The van der Waals surface area contributed by atoms with E-state index in [9.17, 15) is 22.0 Å². The third-order valence-corrected chi connectivity index (χ3v) is 6.19. The van der Waals surface area contributed by atoms with Crippen LogP contribution >= 0.6 is 22.7 Å². The van der Waals surface area contributed by atoms with Crippen LogP contribution < -0.4 is 5.32 Å². The number of carbonyl (C=O) groups excluding carboxylic acids is 1. The third kappa shape index (κ3) is 3.60. The number of amides is 1. The van der Waals surface area contributed by atoms with Gasteiger partial charge in [0.25, 0.3) is 5.91 Å². The van der Waals surface area contributed by atoms with Gasteiger partial charge in [-0.15, -0.1) is 11.3 Å². The number of aromatic nitrogens is 1. The maximum absolute atomic E-state index is 12.8. The maximum atomic E-state index is 12.8. The van der Waals surface area contributed by atoms with Crippen LogP contribution in [0.2, 0.25) is 0 Å². The molecule has 0 bridgehead atoms. The van der Waals surface area contributed by atoms with Gasteiger partial charge in [-0.05, 0) is 23.6 Å². The summed E-state index contributed by atoms with van der Waals surface area (Å²) in [6.07, 6.45) is 0. The number of para-hydroxylation sites is 1. The highest BCUT2D eigenvalue weighted by molar-refractivity contribution is 7.91. The lowest BCUT2D eigenvalue weighted by Crippen LogP contribution is -2.18. The smallest absolute Gasteiger partial charge is 0.319 e. The van der Waals surface area contributed by atoms with Gasteiger partial charge < -0.3 is 5.32 Å². The van der Waals surface area contributed by atoms with Gasteiger partial charge in [0.1, 0.15) is 10.7 Å². The number of thiazole rings is 1. The minimum absolute atomic E-state index is 0.0791. The van der Waals surface area contributed by atoms with Crippen molar-refractivity contribution in [3.8, 4) is 10.6 Å². The zero-order valence-corrected chi connectivity index (χ0v) is 14.8. The van der Waals surface area contributed by atoms with Crippen molar-refractivity contribution in [3.63, 3.8) is 0 Å². The summed E-state index contributed by atoms with van der Waals surface area (Å²) in [4.78, 5) is 15.9. The summed E-state index contributed by atoms with van der Waals surface area (Å²) in [7, 11) is -4.83. The maximum Gasteiger partial charge on any atom is 0.341 e. The lowest BCUT2D eigenvalue weighted by Gasteiger charge is -2.10. The Hall–Kier alpha value is -2.17. The molecule has 0 radical (unpaired) electrons. The second-order valence-electron chi connectivity index (χ2n) is 4.81. The Morgan fingerprint density at radius 1 is 1.16 bits per heavy atom. The number of hydrogen-bond acceptors (Lipinski definition) is 6. The van der Waals surface area contributed by atoms with E-state index >= 15 is 0 Å². The van der Waals surface area contributed by atoms with Gasteiger partial charge >= 0.3 is 5.76 Å². The molecular formula is C15H10F2N2O3S3. The Labute approximate surface area is 149 Å². The van der Waals surface area contributed by atoms with Crippen LogP contribution in [0.25, 0.3) is 10.6 Å². The first kappa shape index (κ1) is 17.6. The third-order valence-electron chi connectivity index (χ3n) is 3.18. The molecule has 2 aromatic heterocycles. The summed E-state index contributed by atoms with van der Waals surface area (Å²) in [5.41, 5.74) is 0.739. The molecule has 3 rings (SSSR count). The molecule has 0 atom stereocenters. The highest BCUT2D eigenvalue weighted by Gasteiger charge is 2.29. The Balaban J connectivity index is 1.88. The second kappa shape index (κ2) is 6.98. The number of carbonyl (C=O) groups is 1. The Kier molecular flexibility index (Phi) is 4.93. The van der Waals surface area contributed by atoms with Crippen molar-refractivity contribution in [1.82, 2.24) is 4.98 Å². The first-order valence-corrected chi connectivity index (χ1v) is 10.2. The van der Waals surface area contributed by atoms with Gasteiger partial charge in [0, 0.05) is 16.3 Å². The fourth-order valence-electron chi connectivity index (χ4n) is 2.00. The predicted molar refractivity (Wildman–Crippen MR) is 93.0 cm³/mol. The van der Waals surface area contributed by atoms with Crippen molar-refractivity contribution in [3.05, 3.63) is 52.2 Å². The van der Waals surface area contributed by atoms with Crippen LogP contribution in [-0.2, 0) is 9.84 Å². The van der Waals surface area contributed by atoms with Crippen molar-refractivity contribution >= 4 is 44.1 Å². The first-order valence-electron chi connectivity index (χ1n) is 6.80. The largest absolute Gasteiger partial charge is 0.341 e. The fourth-order valence-corrected chi connectivity index (χ4v) is 4.40. The van der Waals surface area contributed by atoms with E-state index in [0.717, 1.165) is 11.6 Å². The molecule has 10 heteroatoms. The average molecular weight is 400 g/mol. The van der Waals surface area contributed by atoms with E-state index in [-0.39, 0.29) is 11.4 Å². The molecular weight excluding hydrogens is 390 g/mol. The number of hydrogen-bond donors (Lipinski definition) is 1. The Bertz CT molecular complexity index is 999. The molecule has 0 unspecified atom stereocenters. The molecule has 0 spiro atoms. The lowest BCUT2D eigenvalue weighted by molar-refractivity contribution is 0.102. The minimum Gasteiger partial charge on any atom is -0.319 e. The van der Waals surface area contributed by atoms with Gasteiger partial charge in [0.15, 0.2) is 0 Å². The van der Waals surface area contributed by atoms with Gasteiger partial charge in [-0.1, -0.05) is 12.1 Å². The number of alkyl halides is 2. The number of rotatable bonds is 5. The van der Waals surface area contributed by atoms with Gasteiger partial charge in [-0.3, -0.25) is 4.79 Å². The number of nitrogens with one attached hydrogen (secondary N) is 1. The minimum atomic E-state index is -4.83. The lowest BCUT2D eigenvalue weighted by atomic mass is 10.3. The van der Waals surface area contributed by atoms with E-state index < -0.39 is 26.4 Å². The highest BCUT2D eigenvalue weighted by atomic mass is 32.2. The van der Waals surface area contributed by atoms with Gasteiger partial charge in [0.05, 0.1) is 10.6 Å². The van der Waals surface area contributed by atoms with Crippen LogP contribution in [0.1, 0.15) is 10.5 Å². The van der Waals surface area contributed by atoms with Crippen LogP contribution in [0.3, 0.4) is 0 Å². The first-order chi connectivity index (χ1) is 11.9. The van der Waals surface area contributed by atoms with E-state index in [1.54, 1.807) is 0 Å². The molecule has 0 saturated carbocycles. The Morgan fingerprint density at radius 3 is 2.60 bits per heavy atom. The number of thiophene rings is 1. The molecule has 0 fully saturated rings. The average Bonchev–Trinajstić information content (AvgIpc) is 3.26. The van der Waals surface area contributed by atoms with Crippen molar-refractivity contribution in [2.75, 3.05) is 5.32 Å². The SMILES string of the molecule is O=C(Nc1ccccc1S(=O)(=O)C(F)F)c1csc(-c2ccsc2)n1. The molecule has 2 heterocycles. The zero-order chi connectivity index (χ0) is 18.0. The van der Waals surface area contributed by atoms with Gasteiger partial charge in [0.2, 0.25) is 9.84 Å². The molecule has 1 amide bonds. The summed E-state index contributed by atoms with van der Waals surface area (Å²) in [6.45, 7) is 0. The standard InChI is InChI=1S/C15H10F2N2O3S3/c16-15(17)25(21,22)12-4-2-1-3-10(12)18-13(20)11-8-24-14(19-11)9-5-6-23-7-9/h1-8,15H,(H,18,20). The molecule has 3 aromatic rings. The summed E-state index contributed by atoms with van der Waals surface area (Å²) < 4.78 is 49.0. The van der Waals surface area contributed by atoms with Crippen LogP contribution in [0.5, 0.6) is 0 Å². The number of benzene rings is 1. The molecule has 1 N–H and O–H groups in total. The summed E-state index contributed by atoms with van der Waals surface area (Å²) in [5, 5.41) is 8.26. The quantitative estimate of drug-likeness (QED) is 0.699. The van der Waals surface area contributed by atoms with Crippen molar-refractivity contribution in [2.45, 2.75) is 10.7 Å². The summed E-state index contributed by atoms with van der Waals surface area (Å²) in [5.74, 6) is -4.25. The molecule has 130 valence electrons. The number of sulfone groups is 1. The van der Waals surface area contributed by atoms with E-state index in [0.29, 0.717) is 5.01 Å². The van der Waals surface area contributed by atoms with Gasteiger partial charge in [-0.2, -0.15) is 20.1 Å². The molecule has 25 heavy (non-hydrogen) atoms. The van der Waals surface area contributed by atoms with Crippen molar-refractivity contribution in [2.24, 2.45) is 0 Å². The topological polar surface area (TPSA) is 76.1 Å². The molecule has 0 aliphatic carbocycles. The van der Waals surface area contributed by atoms with Crippen molar-refractivity contribution < 1.29 is 22.0 Å². The number of anilines is 1. The molecule has 5 nitrogen and oxygen atoms in total. The van der Waals surface area contributed by atoms with Crippen LogP contribution in [-0.4, -0.2) is 25.1 Å². The molecule has 0 aliphatic rings. The molecule has 0 saturated heterocycles. The summed E-state index contributed by atoms with van der Waals surface area (Å²) in [6, 6.07) is 6.88. The van der Waals surface area contributed by atoms with E-state index in [4.69, 9.17) is 0 Å². The number of nitrogens with zero attached hydrogens (tertiary/aromatic N) is 1. The van der Waals surface area contributed by atoms with Crippen LogP contribution in [0.15, 0.2) is 51.4 Å². The monoisotopic (exact) mass is 400 g/mol. The normalized spacial score (nSPS) is 11.6. The van der Waals surface area contributed by atoms with E-state index in [1.807, 2.05) is 16.8 Å². The van der Waals surface area contributed by atoms with E-state index in [1.165, 1.54) is 46.3 Å². The molecule has 1 aromatic carbocycles.